The maximum atomic E-state index is 6.86. The minimum Gasteiger partial charge on any atom is -0.488 e. The minimum atomic E-state index is -0.142. The minimum absolute atomic E-state index is 0.0966. The van der Waals surface area contributed by atoms with Crippen molar-refractivity contribution >= 4 is 34.1 Å². The zero-order valence-corrected chi connectivity index (χ0v) is 25.2. The van der Waals surface area contributed by atoms with E-state index in [9.17, 15) is 0 Å². The molecule has 5 saturated carbocycles. The molecule has 6 nitrogen and oxygen atoms in total. The Morgan fingerprint density at radius 2 is 1.62 bits per heavy atom. The fourth-order valence-corrected chi connectivity index (χ4v) is 8.18. The lowest BCUT2D eigenvalue weighted by Gasteiger charge is -2.52. The third-order valence-electron chi connectivity index (χ3n) is 10.4. The van der Waals surface area contributed by atoms with E-state index in [1.54, 1.807) is 12.4 Å². The van der Waals surface area contributed by atoms with Gasteiger partial charge in [-0.3, -0.25) is 4.98 Å². The van der Waals surface area contributed by atoms with E-state index in [4.69, 9.17) is 42.2 Å². The van der Waals surface area contributed by atoms with E-state index < -0.39 is 0 Å². The third-order valence-corrected chi connectivity index (χ3v) is 11.0. The lowest BCUT2D eigenvalue weighted by Crippen LogP contribution is -2.50. The number of para-hydroxylation sites is 1. The SMILES string of the molecule is Clc1cncc(Cl)c1-c1noc(C2CC2)c1COC12CCC(c3ccc4cccc(OC5CCCC5)c4n3)(CC1)CC2. The Bertz CT molecular complexity index is 1600. The summed E-state index contributed by atoms with van der Waals surface area (Å²) < 4.78 is 19.2. The molecule has 0 atom stereocenters. The van der Waals surface area contributed by atoms with Crippen molar-refractivity contribution in [3.05, 3.63) is 69.8 Å². The Kier molecular flexibility index (Phi) is 6.73. The Morgan fingerprint density at radius 3 is 2.33 bits per heavy atom. The van der Waals surface area contributed by atoms with Crippen molar-refractivity contribution in [3.63, 3.8) is 0 Å². The van der Waals surface area contributed by atoms with Crippen molar-refractivity contribution in [3.8, 4) is 17.0 Å². The molecule has 5 aliphatic carbocycles. The number of benzene rings is 1. The molecule has 0 spiro atoms. The molecule has 0 unspecified atom stereocenters. The van der Waals surface area contributed by atoms with Crippen molar-refractivity contribution in [2.45, 2.75) is 107 Å². The molecule has 5 fully saturated rings. The van der Waals surface area contributed by atoms with Gasteiger partial charge in [-0.25, -0.2) is 4.98 Å². The molecular formula is C34H35Cl2N3O3. The molecule has 0 N–H and O–H groups in total. The van der Waals surface area contributed by atoms with Gasteiger partial charge in [0, 0.05) is 45.9 Å². The summed E-state index contributed by atoms with van der Waals surface area (Å²) in [6.45, 7) is 0.447. The van der Waals surface area contributed by atoms with Crippen LogP contribution in [0.5, 0.6) is 5.75 Å². The predicted molar refractivity (Wildman–Crippen MR) is 163 cm³/mol. The van der Waals surface area contributed by atoms with Gasteiger partial charge in [0.05, 0.1) is 28.4 Å². The van der Waals surface area contributed by atoms with Crippen LogP contribution in [-0.4, -0.2) is 26.8 Å². The molecule has 0 saturated heterocycles. The molecule has 4 aromatic rings. The number of aromatic nitrogens is 3. The lowest BCUT2D eigenvalue weighted by molar-refractivity contribution is -0.127. The molecule has 1 aromatic carbocycles. The summed E-state index contributed by atoms with van der Waals surface area (Å²) in [6.07, 6.45) is 16.8. The average Bonchev–Trinajstić information content (AvgIpc) is 3.57. The number of halogens is 2. The van der Waals surface area contributed by atoms with Gasteiger partial charge in [0.25, 0.3) is 0 Å². The number of hydrogen-bond acceptors (Lipinski definition) is 6. The van der Waals surface area contributed by atoms with Gasteiger partial charge in [0.15, 0.2) is 0 Å². The van der Waals surface area contributed by atoms with Gasteiger partial charge < -0.3 is 14.0 Å². The van der Waals surface area contributed by atoms with E-state index in [0.717, 1.165) is 92.2 Å². The van der Waals surface area contributed by atoms with Gasteiger partial charge in [-0.15, -0.1) is 0 Å². The number of fused-ring (bicyclic) bond motifs is 4. The second-order valence-corrected chi connectivity index (χ2v) is 13.7. The highest BCUT2D eigenvalue weighted by Crippen LogP contribution is 2.55. The maximum Gasteiger partial charge on any atom is 0.145 e. The summed E-state index contributed by atoms with van der Waals surface area (Å²) in [4.78, 5) is 9.41. The average molecular weight is 605 g/mol. The van der Waals surface area contributed by atoms with Gasteiger partial charge >= 0.3 is 0 Å². The van der Waals surface area contributed by atoms with Crippen LogP contribution < -0.4 is 4.74 Å². The molecule has 0 amide bonds. The maximum absolute atomic E-state index is 6.86. The van der Waals surface area contributed by atoms with E-state index in [2.05, 4.69) is 40.5 Å². The van der Waals surface area contributed by atoms with E-state index in [0.29, 0.717) is 39.9 Å². The molecule has 3 aromatic heterocycles. The quantitative estimate of drug-likeness (QED) is 0.200. The normalized spacial score (nSPS) is 25.9. The van der Waals surface area contributed by atoms with E-state index in [-0.39, 0.29) is 11.0 Å². The zero-order chi connectivity index (χ0) is 28.3. The Hall–Kier alpha value is -2.67. The van der Waals surface area contributed by atoms with Crippen LogP contribution in [0.3, 0.4) is 0 Å². The van der Waals surface area contributed by atoms with E-state index in [1.165, 1.54) is 18.5 Å². The molecule has 0 radical (unpaired) electrons. The molecule has 3 heterocycles. The molecule has 0 aliphatic heterocycles. The summed E-state index contributed by atoms with van der Waals surface area (Å²) in [5.74, 6) is 2.25. The number of pyridine rings is 2. The summed E-state index contributed by atoms with van der Waals surface area (Å²) in [7, 11) is 0. The number of nitrogens with zero attached hydrogens (tertiary/aromatic N) is 3. The molecule has 218 valence electrons. The predicted octanol–water partition coefficient (Wildman–Crippen LogP) is 9.35. The second kappa shape index (κ2) is 10.5. The summed E-state index contributed by atoms with van der Waals surface area (Å²) in [6, 6.07) is 10.8. The highest BCUT2D eigenvalue weighted by atomic mass is 35.5. The van der Waals surface area contributed by atoms with Crippen LogP contribution in [0.2, 0.25) is 10.0 Å². The van der Waals surface area contributed by atoms with E-state index in [1.807, 2.05) is 0 Å². The molecule has 8 heteroatoms. The first-order valence-corrected chi connectivity index (χ1v) is 16.3. The lowest BCUT2D eigenvalue weighted by atomic mass is 9.57. The van der Waals surface area contributed by atoms with Crippen molar-refractivity contribution < 1.29 is 14.0 Å². The smallest absolute Gasteiger partial charge is 0.145 e. The third kappa shape index (κ3) is 4.71. The highest BCUT2D eigenvalue weighted by Gasteiger charge is 2.51. The topological polar surface area (TPSA) is 70.3 Å². The van der Waals surface area contributed by atoms with Crippen molar-refractivity contribution in [1.29, 1.82) is 0 Å². The van der Waals surface area contributed by atoms with Crippen LogP contribution in [-0.2, 0) is 16.8 Å². The van der Waals surface area contributed by atoms with Crippen LogP contribution in [0.25, 0.3) is 22.2 Å². The van der Waals surface area contributed by atoms with Crippen LogP contribution in [0.4, 0.5) is 0 Å². The Labute approximate surface area is 256 Å². The molecule has 2 bridgehead atoms. The van der Waals surface area contributed by atoms with Crippen molar-refractivity contribution in [2.24, 2.45) is 0 Å². The first kappa shape index (κ1) is 26.9. The fourth-order valence-electron chi connectivity index (χ4n) is 7.64. The van der Waals surface area contributed by atoms with Crippen molar-refractivity contribution in [2.75, 3.05) is 0 Å². The van der Waals surface area contributed by atoms with Crippen LogP contribution in [0.15, 0.2) is 47.2 Å². The number of hydrogen-bond donors (Lipinski definition) is 0. The largest absolute Gasteiger partial charge is 0.488 e. The van der Waals surface area contributed by atoms with Crippen molar-refractivity contribution in [1.82, 2.24) is 15.1 Å². The van der Waals surface area contributed by atoms with E-state index >= 15 is 0 Å². The molecular weight excluding hydrogens is 569 g/mol. The van der Waals surface area contributed by atoms with Crippen LogP contribution in [0.1, 0.15) is 100.0 Å². The highest BCUT2D eigenvalue weighted by molar-refractivity contribution is 6.38. The van der Waals surface area contributed by atoms with Gasteiger partial charge in [-0.1, -0.05) is 46.6 Å². The summed E-state index contributed by atoms with van der Waals surface area (Å²) >= 11 is 13.1. The van der Waals surface area contributed by atoms with Crippen LogP contribution in [0, 0.1) is 0 Å². The fraction of sp³-hybridized carbons (Fsp3) is 0.500. The molecule has 42 heavy (non-hydrogen) atoms. The van der Waals surface area contributed by atoms with Gasteiger partial charge in [-0.05, 0) is 89.2 Å². The summed E-state index contributed by atoms with van der Waals surface area (Å²) in [5, 5.41) is 6.53. The Morgan fingerprint density at radius 1 is 0.881 bits per heavy atom. The van der Waals surface area contributed by atoms with Gasteiger partial charge in [0.2, 0.25) is 0 Å². The second-order valence-electron chi connectivity index (χ2n) is 12.9. The number of ether oxygens (including phenoxy) is 2. The first-order chi connectivity index (χ1) is 20.5. The number of rotatable bonds is 8. The zero-order valence-electron chi connectivity index (χ0n) is 23.7. The van der Waals surface area contributed by atoms with Crippen LogP contribution >= 0.6 is 23.2 Å². The monoisotopic (exact) mass is 603 g/mol. The Balaban J connectivity index is 1.02. The first-order valence-electron chi connectivity index (χ1n) is 15.5. The molecule has 9 rings (SSSR count). The molecule has 5 aliphatic rings. The summed E-state index contributed by atoms with van der Waals surface area (Å²) in [5.41, 5.74) is 4.51. The van der Waals surface area contributed by atoms with Gasteiger partial charge in [0.1, 0.15) is 22.7 Å². The van der Waals surface area contributed by atoms with Gasteiger partial charge in [-0.2, -0.15) is 0 Å². The standard InChI is InChI=1S/C34H35Cl2N3O3/c35-25-18-37-19-26(36)29(25)31-24(32(42-39-31)22-8-9-22)20-40-34-15-12-33(13-16-34,14-17-34)28-11-10-21-4-3-7-27(30(21)38-28)41-23-5-1-2-6-23/h3-4,7,10-11,18-19,22-23H,1-2,5-6,8-9,12-17,20H2.